The highest BCUT2D eigenvalue weighted by atomic mass is 16.3. The number of nitrogens with zero attached hydrogens (tertiary/aromatic N) is 4. The fourth-order valence-electron chi connectivity index (χ4n) is 9.32. The van der Waals surface area contributed by atoms with Gasteiger partial charge in [-0.1, -0.05) is 121 Å². The molecule has 53 heavy (non-hydrogen) atoms. The SMILES string of the molecule is c1ccc(-c2nc(-n3c4cccc5c4c4c(cc6oc7ccccc7c6c43)c3cccc4c6ccccc6n5c34)nc3ccc4ccccc4c23)cc1. The Balaban J connectivity index is 1.32. The predicted molar refractivity (Wildman–Crippen MR) is 219 cm³/mol. The topological polar surface area (TPSA) is 48.3 Å². The summed E-state index contributed by atoms with van der Waals surface area (Å²) in [6.45, 7) is 0. The van der Waals surface area contributed by atoms with Crippen molar-refractivity contribution in [2.45, 2.75) is 0 Å². The molecule has 0 N–H and O–H groups in total. The summed E-state index contributed by atoms with van der Waals surface area (Å²) in [5.74, 6) is 0.629. The lowest BCUT2D eigenvalue weighted by molar-refractivity contribution is 0.669. The summed E-state index contributed by atoms with van der Waals surface area (Å²) >= 11 is 0. The number of fused-ring (bicyclic) bond motifs is 12. The highest BCUT2D eigenvalue weighted by molar-refractivity contribution is 6.37. The minimum Gasteiger partial charge on any atom is -0.456 e. The monoisotopic (exact) mass is 674 g/mol. The number of furan rings is 1. The molecule has 0 saturated heterocycles. The standard InChI is InChI=1S/C48H26N4O/c1-2-13-28(14-3-1)45-41-29-15-5-4-12-27(29)24-25-35(41)49-48(50-45)52-38-22-11-21-37-44(38)43-34(26-40-42(47(43)52)33-17-7-9-23-39(33)53-40)32-19-10-18-31-30-16-6-8-20-36(30)51(37)46(31)32/h1-26H. The molecule has 0 radical (unpaired) electrons. The summed E-state index contributed by atoms with van der Waals surface area (Å²) in [5, 5.41) is 12.6. The van der Waals surface area contributed by atoms with Crippen molar-refractivity contribution >= 4 is 104 Å². The summed E-state index contributed by atoms with van der Waals surface area (Å²) < 4.78 is 11.5. The van der Waals surface area contributed by atoms with Crippen molar-refractivity contribution in [1.82, 2.24) is 18.9 Å². The van der Waals surface area contributed by atoms with Crippen LogP contribution in [0.25, 0.3) is 121 Å². The van der Waals surface area contributed by atoms with Gasteiger partial charge < -0.3 is 8.82 Å². The van der Waals surface area contributed by atoms with Crippen LogP contribution in [0.4, 0.5) is 0 Å². The first-order chi connectivity index (χ1) is 26.3. The molecule has 8 aromatic carbocycles. The second-order valence-electron chi connectivity index (χ2n) is 14.1. The molecule has 13 rings (SSSR count). The van der Waals surface area contributed by atoms with Crippen molar-refractivity contribution in [1.29, 1.82) is 0 Å². The third-order valence-electron chi connectivity index (χ3n) is 11.4. The van der Waals surface area contributed by atoms with Gasteiger partial charge in [0.25, 0.3) is 0 Å². The molecule has 0 bridgehead atoms. The van der Waals surface area contributed by atoms with E-state index in [4.69, 9.17) is 14.4 Å². The molecule has 5 heteroatoms. The third kappa shape index (κ3) is 3.42. The Kier molecular flexibility index (Phi) is 5.06. The normalized spacial score (nSPS) is 12.5. The zero-order valence-electron chi connectivity index (χ0n) is 28.2. The zero-order valence-corrected chi connectivity index (χ0v) is 28.2. The van der Waals surface area contributed by atoms with Crippen LogP contribution in [0.2, 0.25) is 0 Å². The van der Waals surface area contributed by atoms with E-state index in [0.717, 1.165) is 76.8 Å². The molecule has 0 fully saturated rings. The Morgan fingerprint density at radius 2 is 1.11 bits per heavy atom. The van der Waals surface area contributed by atoms with E-state index in [1.807, 2.05) is 6.07 Å². The average Bonchev–Trinajstić information content (AvgIpc) is 3.85. The quantitative estimate of drug-likeness (QED) is 0.172. The van der Waals surface area contributed by atoms with Gasteiger partial charge in [0.05, 0.1) is 44.2 Å². The van der Waals surface area contributed by atoms with Crippen LogP contribution in [0.3, 0.4) is 0 Å². The third-order valence-corrected chi connectivity index (χ3v) is 11.4. The number of benzene rings is 8. The van der Waals surface area contributed by atoms with Crippen molar-refractivity contribution in [2.24, 2.45) is 0 Å². The smallest absolute Gasteiger partial charge is 0.235 e. The van der Waals surface area contributed by atoms with Crippen LogP contribution in [-0.4, -0.2) is 18.9 Å². The number of rotatable bonds is 2. The minimum atomic E-state index is 0.629. The molecule has 0 atom stereocenters. The van der Waals surface area contributed by atoms with Gasteiger partial charge in [-0.05, 0) is 52.6 Å². The zero-order chi connectivity index (χ0) is 34.4. The molecule has 0 aliphatic rings. The van der Waals surface area contributed by atoms with Gasteiger partial charge in [0.1, 0.15) is 11.2 Å². The van der Waals surface area contributed by atoms with E-state index in [0.29, 0.717) is 5.95 Å². The van der Waals surface area contributed by atoms with Gasteiger partial charge in [-0.2, -0.15) is 0 Å². The van der Waals surface area contributed by atoms with Crippen LogP contribution in [0.1, 0.15) is 0 Å². The van der Waals surface area contributed by atoms with Crippen molar-refractivity contribution in [3.8, 4) is 17.2 Å². The van der Waals surface area contributed by atoms with Crippen molar-refractivity contribution < 1.29 is 4.42 Å². The predicted octanol–water partition coefficient (Wildman–Crippen LogP) is 12.6. The first kappa shape index (κ1) is 27.5. The molecule has 0 saturated carbocycles. The lowest BCUT2D eigenvalue weighted by Gasteiger charge is -2.14. The maximum Gasteiger partial charge on any atom is 0.235 e. The molecule has 5 heterocycles. The van der Waals surface area contributed by atoms with E-state index in [1.54, 1.807) is 0 Å². The van der Waals surface area contributed by atoms with E-state index >= 15 is 0 Å². The Hall–Kier alpha value is -7.24. The number of para-hydroxylation sites is 3. The van der Waals surface area contributed by atoms with E-state index in [9.17, 15) is 0 Å². The fourth-order valence-corrected chi connectivity index (χ4v) is 9.32. The Morgan fingerprint density at radius 1 is 0.415 bits per heavy atom. The molecule has 13 aromatic rings. The van der Waals surface area contributed by atoms with Crippen molar-refractivity contribution in [3.63, 3.8) is 0 Å². The molecule has 0 amide bonds. The molecule has 0 aliphatic heterocycles. The van der Waals surface area contributed by atoms with Gasteiger partial charge in [0, 0.05) is 43.3 Å². The second-order valence-corrected chi connectivity index (χ2v) is 14.1. The first-order valence-electron chi connectivity index (χ1n) is 18.0. The molecule has 0 aliphatic carbocycles. The van der Waals surface area contributed by atoms with Gasteiger partial charge in [0.15, 0.2) is 0 Å². The largest absolute Gasteiger partial charge is 0.456 e. The molecule has 0 spiro atoms. The van der Waals surface area contributed by atoms with Gasteiger partial charge >= 0.3 is 0 Å². The lowest BCUT2D eigenvalue weighted by atomic mass is 10.00. The minimum absolute atomic E-state index is 0.629. The maximum atomic E-state index is 6.74. The molecule has 5 nitrogen and oxygen atoms in total. The first-order valence-corrected chi connectivity index (χ1v) is 18.0. The fraction of sp³-hybridized carbons (Fsp3) is 0. The lowest BCUT2D eigenvalue weighted by Crippen LogP contribution is -2.04. The van der Waals surface area contributed by atoms with E-state index < -0.39 is 0 Å². The summed E-state index contributed by atoms with van der Waals surface area (Å²) in [4.78, 5) is 11.0. The number of hydrogen-bond donors (Lipinski definition) is 0. The molecule has 0 unspecified atom stereocenters. The van der Waals surface area contributed by atoms with Gasteiger partial charge in [-0.25, -0.2) is 9.97 Å². The van der Waals surface area contributed by atoms with Gasteiger partial charge in [0.2, 0.25) is 5.95 Å². The van der Waals surface area contributed by atoms with Crippen LogP contribution in [-0.2, 0) is 0 Å². The van der Waals surface area contributed by atoms with Crippen LogP contribution in [0, 0.1) is 0 Å². The highest BCUT2D eigenvalue weighted by Crippen LogP contribution is 2.48. The van der Waals surface area contributed by atoms with Gasteiger partial charge in [-0.15, -0.1) is 0 Å². The van der Waals surface area contributed by atoms with E-state index in [2.05, 4.69) is 161 Å². The molecular formula is C48H26N4O. The Morgan fingerprint density at radius 3 is 2.02 bits per heavy atom. The summed E-state index contributed by atoms with van der Waals surface area (Å²) in [6, 6.07) is 56.1. The van der Waals surface area contributed by atoms with Crippen LogP contribution in [0.5, 0.6) is 0 Å². The Bertz CT molecular complexity index is 3680. The molecule has 244 valence electrons. The molecular weight excluding hydrogens is 649 g/mol. The number of hydrogen-bond acceptors (Lipinski definition) is 3. The number of aromatic nitrogens is 4. The summed E-state index contributed by atoms with van der Waals surface area (Å²) in [5.41, 5.74) is 10.2. The highest BCUT2D eigenvalue weighted by Gasteiger charge is 2.27. The van der Waals surface area contributed by atoms with E-state index in [-0.39, 0.29) is 0 Å². The van der Waals surface area contributed by atoms with Crippen LogP contribution in [0.15, 0.2) is 162 Å². The average molecular weight is 675 g/mol. The maximum absolute atomic E-state index is 6.74. The van der Waals surface area contributed by atoms with Crippen molar-refractivity contribution in [2.75, 3.05) is 0 Å². The van der Waals surface area contributed by atoms with Crippen LogP contribution >= 0.6 is 0 Å². The second kappa shape index (κ2) is 9.75. The molecule has 5 aromatic heterocycles. The summed E-state index contributed by atoms with van der Waals surface area (Å²) in [7, 11) is 0. The Labute approximate surface area is 300 Å². The van der Waals surface area contributed by atoms with Crippen LogP contribution < -0.4 is 0 Å². The van der Waals surface area contributed by atoms with E-state index in [1.165, 1.54) is 38.0 Å². The van der Waals surface area contributed by atoms with Gasteiger partial charge in [-0.3, -0.25) is 4.57 Å². The summed E-state index contributed by atoms with van der Waals surface area (Å²) in [6.07, 6.45) is 0. The van der Waals surface area contributed by atoms with Crippen molar-refractivity contribution in [3.05, 3.63) is 158 Å².